The number of hydrogen-bond acceptors (Lipinski definition) is 3. The molecule has 0 atom stereocenters. The van der Waals surface area contributed by atoms with Crippen molar-refractivity contribution in [2.75, 3.05) is 13.1 Å². The number of hydrogen-bond donors (Lipinski definition) is 0. The lowest BCUT2D eigenvalue weighted by atomic mass is 9.94. The highest BCUT2D eigenvalue weighted by Gasteiger charge is 2.25. The van der Waals surface area contributed by atoms with E-state index in [1.54, 1.807) is 0 Å². The molecule has 2 aliphatic rings. The first-order valence-electron chi connectivity index (χ1n) is 8.12. The molecule has 0 saturated heterocycles. The van der Waals surface area contributed by atoms with E-state index in [1.807, 2.05) is 30.0 Å². The number of rotatable bonds is 3. The van der Waals surface area contributed by atoms with Crippen LogP contribution < -0.4 is 0 Å². The second kappa shape index (κ2) is 7.94. The van der Waals surface area contributed by atoms with Gasteiger partial charge in [0.15, 0.2) is 5.17 Å². The van der Waals surface area contributed by atoms with Gasteiger partial charge >= 0.3 is 0 Å². The maximum absolute atomic E-state index is 6.28. The summed E-state index contributed by atoms with van der Waals surface area (Å²) < 4.78 is 0. The van der Waals surface area contributed by atoms with Crippen molar-refractivity contribution in [3.05, 3.63) is 33.8 Å². The third kappa shape index (κ3) is 4.12. The Morgan fingerprint density at radius 1 is 1.14 bits per heavy atom. The van der Waals surface area contributed by atoms with Crippen LogP contribution in [0.3, 0.4) is 0 Å². The normalized spacial score (nSPS) is 20.1. The molecule has 1 fully saturated rings. The van der Waals surface area contributed by atoms with E-state index in [-0.39, 0.29) is 0 Å². The van der Waals surface area contributed by atoms with Crippen LogP contribution in [0.1, 0.15) is 44.1 Å². The summed E-state index contributed by atoms with van der Waals surface area (Å²) in [7, 11) is 0. The van der Waals surface area contributed by atoms with Crippen molar-refractivity contribution in [2.45, 2.75) is 50.3 Å². The summed E-state index contributed by atoms with van der Waals surface area (Å²) in [5.74, 6) is 0.859. The Labute approximate surface area is 147 Å². The van der Waals surface area contributed by atoms with E-state index in [0.29, 0.717) is 11.1 Å². The van der Waals surface area contributed by atoms with Crippen LogP contribution in [0.2, 0.25) is 10.0 Å². The van der Waals surface area contributed by atoms with Gasteiger partial charge in [0.25, 0.3) is 0 Å². The van der Waals surface area contributed by atoms with Crippen LogP contribution in [-0.2, 0) is 5.75 Å². The quantitative estimate of drug-likeness (QED) is 0.698. The Kier molecular flexibility index (Phi) is 5.95. The Bertz CT molecular complexity index is 541. The van der Waals surface area contributed by atoms with Gasteiger partial charge in [-0.3, -0.25) is 4.99 Å². The largest absolute Gasteiger partial charge is 0.348 e. The summed E-state index contributed by atoms with van der Waals surface area (Å²) in [6.07, 6.45) is 7.94. The van der Waals surface area contributed by atoms with Gasteiger partial charge in [0.2, 0.25) is 0 Å². The van der Waals surface area contributed by atoms with Gasteiger partial charge in [0.05, 0.1) is 0 Å². The number of halogens is 2. The average Bonchev–Trinajstić information content (AvgIpc) is 2.55. The minimum Gasteiger partial charge on any atom is -0.348 e. The van der Waals surface area contributed by atoms with Crippen molar-refractivity contribution in [2.24, 2.45) is 4.99 Å². The zero-order valence-electron chi connectivity index (χ0n) is 12.7. The van der Waals surface area contributed by atoms with Crippen LogP contribution in [-0.4, -0.2) is 29.2 Å². The summed E-state index contributed by atoms with van der Waals surface area (Å²) in [6.45, 7) is 2.12. The van der Waals surface area contributed by atoms with Gasteiger partial charge in [-0.15, -0.1) is 0 Å². The molecule has 1 heterocycles. The van der Waals surface area contributed by atoms with Gasteiger partial charge in [-0.1, -0.05) is 60.3 Å². The molecule has 3 rings (SSSR count). The highest BCUT2D eigenvalue weighted by atomic mass is 35.5. The van der Waals surface area contributed by atoms with Crippen LogP contribution in [0.15, 0.2) is 23.2 Å². The van der Waals surface area contributed by atoms with E-state index in [0.717, 1.165) is 29.4 Å². The summed E-state index contributed by atoms with van der Waals surface area (Å²) in [6, 6.07) is 6.44. The Balaban J connectivity index is 1.65. The standard InChI is InChI=1S/C17H22Cl2N2S/c18-14-8-7-13(16(19)11-14)12-22-17-20-9-4-10-21(17)15-5-2-1-3-6-15/h7-8,11,15H,1-6,9-10,12H2. The van der Waals surface area contributed by atoms with Crippen molar-refractivity contribution in [1.29, 1.82) is 0 Å². The van der Waals surface area contributed by atoms with Gasteiger partial charge in [-0.25, -0.2) is 0 Å². The topological polar surface area (TPSA) is 15.6 Å². The van der Waals surface area contributed by atoms with Crippen LogP contribution >= 0.6 is 35.0 Å². The summed E-state index contributed by atoms with van der Waals surface area (Å²) >= 11 is 14.1. The van der Waals surface area contributed by atoms with Crippen molar-refractivity contribution >= 4 is 40.1 Å². The number of nitrogens with zero attached hydrogens (tertiary/aromatic N) is 2. The second-order valence-electron chi connectivity index (χ2n) is 6.03. The minimum absolute atomic E-state index is 0.692. The lowest BCUT2D eigenvalue weighted by Gasteiger charge is -2.38. The monoisotopic (exact) mass is 356 g/mol. The van der Waals surface area contributed by atoms with Crippen LogP contribution in [0.4, 0.5) is 0 Å². The third-order valence-corrected chi connectivity index (χ3v) is 6.10. The lowest BCUT2D eigenvalue weighted by molar-refractivity contribution is 0.239. The molecular formula is C17H22Cl2N2S. The summed E-state index contributed by atoms with van der Waals surface area (Å²) in [5.41, 5.74) is 1.13. The van der Waals surface area contributed by atoms with Crippen LogP contribution in [0.5, 0.6) is 0 Å². The molecule has 120 valence electrons. The van der Waals surface area contributed by atoms with E-state index >= 15 is 0 Å². The van der Waals surface area contributed by atoms with Gasteiger partial charge < -0.3 is 4.90 Å². The van der Waals surface area contributed by atoms with Crippen molar-refractivity contribution < 1.29 is 0 Å². The fourth-order valence-corrected chi connectivity index (χ4v) is 4.92. The molecule has 1 aromatic carbocycles. The fraction of sp³-hybridized carbons (Fsp3) is 0.588. The molecule has 5 heteroatoms. The highest BCUT2D eigenvalue weighted by Crippen LogP contribution is 2.30. The Morgan fingerprint density at radius 2 is 1.95 bits per heavy atom. The average molecular weight is 357 g/mol. The maximum atomic E-state index is 6.28. The zero-order valence-corrected chi connectivity index (χ0v) is 15.1. The second-order valence-corrected chi connectivity index (χ2v) is 7.81. The molecule has 0 spiro atoms. The Morgan fingerprint density at radius 3 is 2.73 bits per heavy atom. The van der Waals surface area contributed by atoms with Crippen molar-refractivity contribution in [3.63, 3.8) is 0 Å². The smallest absolute Gasteiger partial charge is 0.159 e. The van der Waals surface area contributed by atoms with Gasteiger partial charge in [0.1, 0.15) is 0 Å². The molecular weight excluding hydrogens is 335 g/mol. The first kappa shape index (κ1) is 16.5. The SMILES string of the molecule is Clc1ccc(CSC2=NCCCN2C2CCCCC2)c(Cl)c1. The predicted molar refractivity (Wildman–Crippen MR) is 98.3 cm³/mol. The fourth-order valence-electron chi connectivity index (χ4n) is 3.24. The number of benzene rings is 1. The molecule has 1 aliphatic heterocycles. The van der Waals surface area contributed by atoms with E-state index in [2.05, 4.69) is 4.90 Å². The van der Waals surface area contributed by atoms with E-state index in [4.69, 9.17) is 28.2 Å². The molecule has 1 aromatic rings. The first-order valence-corrected chi connectivity index (χ1v) is 9.86. The van der Waals surface area contributed by atoms with Gasteiger partial charge in [-0.05, 0) is 37.0 Å². The molecule has 0 N–H and O–H groups in total. The first-order chi connectivity index (χ1) is 10.7. The van der Waals surface area contributed by atoms with Crippen LogP contribution in [0, 0.1) is 0 Å². The number of amidine groups is 1. The van der Waals surface area contributed by atoms with E-state index in [1.165, 1.54) is 43.7 Å². The highest BCUT2D eigenvalue weighted by molar-refractivity contribution is 8.13. The van der Waals surface area contributed by atoms with E-state index in [9.17, 15) is 0 Å². The maximum Gasteiger partial charge on any atom is 0.159 e. The molecule has 0 bridgehead atoms. The van der Waals surface area contributed by atoms with Crippen molar-refractivity contribution in [1.82, 2.24) is 4.90 Å². The van der Waals surface area contributed by atoms with Crippen molar-refractivity contribution in [3.8, 4) is 0 Å². The van der Waals surface area contributed by atoms with Gasteiger partial charge in [-0.2, -0.15) is 0 Å². The molecule has 22 heavy (non-hydrogen) atoms. The lowest BCUT2D eigenvalue weighted by Crippen LogP contribution is -2.43. The Hall–Kier alpha value is -0.380. The molecule has 1 saturated carbocycles. The molecule has 0 radical (unpaired) electrons. The van der Waals surface area contributed by atoms with E-state index < -0.39 is 0 Å². The summed E-state index contributed by atoms with van der Waals surface area (Å²) in [4.78, 5) is 7.34. The molecule has 0 amide bonds. The van der Waals surface area contributed by atoms with Crippen LogP contribution in [0.25, 0.3) is 0 Å². The molecule has 2 nitrogen and oxygen atoms in total. The third-order valence-electron chi connectivity index (χ3n) is 4.44. The molecule has 1 aliphatic carbocycles. The zero-order chi connectivity index (χ0) is 15.4. The summed E-state index contributed by atoms with van der Waals surface area (Å²) in [5, 5.41) is 2.65. The number of aliphatic imine (C=N–C) groups is 1. The molecule has 0 aromatic heterocycles. The minimum atomic E-state index is 0.692. The molecule has 0 unspecified atom stereocenters. The number of thioether (sulfide) groups is 1. The van der Waals surface area contributed by atoms with Gasteiger partial charge in [0, 0.05) is 34.9 Å². The predicted octanol–water partition coefficient (Wildman–Crippen LogP) is 5.62.